The number of hydrogen-bond donors (Lipinski definition) is 2. The summed E-state index contributed by atoms with van der Waals surface area (Å²) in [7, 11) is -3.28. The molecular formula is C13H18ClN3O3S. The van der Waals surface area contributed by atoms with Gasteiger partial charge in [0.1, 0.15) is 0 Å². The molecular weight excluding hydrogens is 314 g/mol. The van der Waals surface area contributed by atoms with Gasteiger partial charge in [0.2, 0.25) is 10.0 Å². The van der Waals surface area contributed by atoms with Gasteiger partial charge in [-0.1, -0.05) is 11.6 Å². The summed E-state index contributed by atoms with van der Waals surface area (Å²) in [6.07, 6.45) is 2.59. The zero-order valence-electron chi connectivity index (χ0n) is 11.7. The van der Waals surface area contributed by atoms with Gasteiger partial charge in [-0.2, -0.15) is 0 Å². The Kier molecular flexibility index (Phi) is 4.75. The smallest absolute Gasteiger partial charge is 0.253 e. The Morgan fingerprint density at radius 2 is 2.19 bits per heavy atom. The molecule has 3 N–H and O–H groups in total. The van der Waals surface area contributed by atoms with Gasteiger partial charge in [0, 0.05) is 24.7 Å². The van der Waals surface area contributed by atoms with Crippen LogP contribution in [0.5, 0.6) is 0 Å². The van der Waals surface area contributed by atoms with Gasteiger partial charge >= 0.3 is 0 Å². The molecule has 1 heterocycles. The first-order chi connectivity index (χ1) is 9.76. The van der Waals surface area contributed by atoms with Crippen LogP contribution in [0.2, 0.25) is 5.02 Å². The summed E-state index contributed by atoms with van der Waals surface area (Å²) < 4.78 is 25.1. The predicted molar refractivity (Wildman–Crippen MR) is 82.8 cm³/mol. The second kappa shape index (κ2) is 6.21. The van der Waals surface area contributed by atoms with Gasteiger partial charge in [0.15, 0.2) is 0 Å². The fourth-order valence-corrected chi connectivity index (χ4v) is 3.34. The fraction of sp³-hybridized carbons (Fsp3) is 0.462. The van der Waals surface area contributed by atoms with Gasteiger partial charge in [-0.3, -0.25) is 4.79 Å². The van der Waals surface area contributed by atoms with E-state index < -0.39 is 10.0 Å². The molecule has 0 aliphatic carbocycles. The van der Waals surface area contributed by atoms with Crippen LogP contribution in [0.15, 0.2) is 18.2 Å². The Balaban J connectivity index is 2.10. The number of nitrogens with one attached hydrogen (secondary N) is 1. The van der Waals surface area contributed by atoms with Crippen LogP contribution in [-0.4, -0.2) is 44.6 Å². The normalized spacial score (nSPS) is 19.5. The number of amides is 1. The Morgan fingerprint density at radius 1 is 1.48 bits per heavy atom. The largest absolute Gasteiger partial charge is 0.398 e. The molecule has 1 amide bonds. The zero-order chi connectivity index (χ0) is 15.6. The Labute approximate surface area is 129 Å². The van der Waals surface area contributed by atoms with E-state index in [1.54, 1.807) is 17.0 Å². The number of rotatable bonds is 3. The van der Waals surface area contributed by atoms with Gasteiger partial charge in [-0.25, -0.2) is 13.1 Å². The van der Waals surface area contributed by atoms with Gasteiger partial charge in [-0.05, 0) is 31.0 Å². The van der Waals surface area contributed by atoms with E-state index in [1.165, 1.54) is 6.07 Å². The third-order valence-electron chi connectivity index (χ3n) is 3.33. The third kappa shape index (κ3) is 4.33. The molecule has 1 aromatic carbocycles. The molecule has 6 nitrogen and oxygen atoms in total. The molecule has 1 aliphatic rings. The predicted octanol–water partition coefficient (Wildman–Crippen LogP) is 1.08. The van der Waals surface area contributed by atoms with Crippen molar-refractivity contribution in [3.05, 3.63) is 28.8 Å². The molecule has 116 valence electrons. The topological polar surface area (TPSA) is 92.5 Å². The standard InChI is InChI=1S/C13H18ClN3O3S/c1-21(19,20)16-10-3-2-6-17(8-10)13(18)9-4-5-11(14)12(15)7-9/h4-5,7,10,16H,2-3,6,8,15H2,1H3. The minimum atomic E-state index is -3.28. The van der Waals surface area contributed by atoms with Crippen LogP contribution < -0.4 is 10.5 Å². The maximum Gasteiger partial charge on any atom is 0.253 e. The van der Waals surface area contributed by atoms with Crippen molar-refractivity contribution >= 4 is 33.2 Å². The summed E-state index contributed by atoms with van der Waals surface area (Å²) in [6, 6.07) is 4.50. The first-order valence-corrected chi connectivity index (χ1v) is 8.85. The summed E-state index contributed by atoms with van der Waals surface area (Å²) in [4.78, 5) is 14.1. The van der Waals surface area contributed by atoms with E-state index in [0.29, 0.717) is 29.4 Å². The van der Waals surface area contributed by atoms with Crippen molar-refractivity contribution < 1.29 is 13.2 Å². The number of nitrogens with two attached hydrogens (primary N) is 1. The van der Waals surface area contributed by atoms with Crippen LogP contribution in [0.3, 0.4) is 0 Å². The monoisotopic (exact) mass is 331 g/mol. The summed E-state index contributed by atoms with van der Waals surface area (Å²) >= 11 is 5.84. The van der Waals surface area contributed by atoms with Crippen LogP contribution in [0.25, 0.3) is 0 Å². The molecule has 1 aliphatic heterocycles. The van der Waals surface area contributed by atoms with E-state index in [-0.39, 0.29) is 11.9 Å². The Bertz CT molecular complexity index is 648. The maximum atomic E-state index is 12.4. The van der Waals surface area contributed by atoms with Crippen molar-refractivity contribution in [1.82, 2.24) is 9.62 Å². The maximum absolute atomic E-state index is 12.4. The average molecular weight is 332 g/mol. The number of hydrogen-bond acceptors (Lipinski definition) is 4. The van der Waals surface area contributed by atoms with Crippen LogP contribution in [0.1, 0.15) is 23.2 Å². The average Bonchev–Trinajstić information content (AvgIpc) is 2.39. The quantitative estimate of drug-likeness (QED) is 0.810. The number of nitrogen functional groups attached to an aromatic ring is 1. The van der Waals surface area contributed by atoms with E-state index in [2.05, 4.69) is 4.72 Å². The number of piperidine rings is 1. The van der Waals surface area contributed by atoms with Gasteiger partial charge in [-0.15, -0.1) is 0 Å². The van der Waals surface area contributed by atoms with Gasteiger partial charge in [0.05, 0.1) is 17.0 Å². The molecule has 0 spiro atoms. The molecule has 8 heteroatoms. The number of carbonyl (C=O) groups is 1. The number of sulfonamides is 1. The fourth-order valence-electron chi connectivity index (χ4n) is 2.42. The first kappa shape index (κ1) is 16.1. The van der Waals surface area contributed by atoms with Crippen molar-refractivity contribution in [2.75, 3.05) is 25.1 Å². The van der Waals surface area contributed by atoms with Crippen LogP contribution in [0, 0.1) is 0 Å². The highest BCUT2D eigenvalue weighted by molar-refractivity contribution is 7.88. The third-order valence-corrected chi connectivity index (χ3v) is 4.44. The molecule has 1 aromatic rings. The highest BCUT2D eigenvalue weighted by atomic mass is 35.5. The van der Waals surface area contributed by atoms with Crippen molar-refractivity contribution in [3.63, 3.8) is 0 Å². The second-order valence-corrected chi connectivity index (χ2v) is 7.40. The van der Waals surface area contributed by atoms with Gasteiger partial charge < -0.3 is 10.6 Å². The molecule has 1 unspecified atom stereocenters. The molecule has 0 saturated carbocycles. The number of nitrogens with zero attached hydrogens (tertiary/aromatic N) is 1. The molecule has 0 radical (unpaired) electrons. The Morgan fingerprint density at radius 3 is 2.81 bits per heavy atom. The van der Waals surface area contributed by atoms with Crippen molar-refractivity contribution in [2.24, 2.45) is 0 Å². The number of benzene rings is 1. The number of anilines is 1. The summed E-state index contributed by atoms with van der Waals surface area (Å²) in [6.45, 7) is 0.956. The second-order valence-electron chi connectivity index (χ2n) is 5.22. The zero-order valence-corrected chi connectivity index (χ0v) is 13.2. The Hall–Kier alpha value is -1.31. The van der Waals surface area contributed by atoms with E-state index in [9.17, 15) is 13.2 Å². The lowest BCUT2D eigenvalue weighted by molar-refractivity contribution is 0.0703. The number of carbonyl (C=O) groups excluding carboxylic acids is 1. The van der Waals surface area contributed by atoms with Crippen LogP contribution in [-0.2, 0) is 10.0 Å². The molecule has 0 bridgehead atoms. The molecule has 21 heavy (non-hydrogen) atoms. The van der Waals surface area contributed by atoms with E-state index in [1.807, 2.05) is 0 Å². The minimum absolute atomic E-state index is 0.168. The molecule has 1 fully saturated rings. The lowest BCUT2D eigenvalue weighted by Gasteiger charge is -2.32. The SMILES string of the molecule is CS(=O)(=O)NC1CCCN(C(=O)c2ccc(Cl)c(N)c2)C1. The summed E-state index contributed by atoms with van der Waals surface area (Å²) in [5.41, 5.74) is 6.51. The van der Waals surface area contributed by atoms with E-state index >= 15 is 0 Å². The first-order valence-electron chi connectivity index (χ1n) is 6.58. The van der Waals surface area contributed by atoms with E-state index in [4.69, 9.17) is 17.3 Å². The summed E-state index contributed by atoms with van der Waals surface area (Å²) in [5, 5.41) is 0.404. The van der Waals surface area contributed by atoms with Gasteiger partial charge in [0.25, 0.3) is 5.91 Å². The van der Waals surface area contributed by atoms with E-state index in [0.717, 1.165) is 19.1 Å². The highest BCUT2D eigenvalue weighted by Gasteiger charge is 2.26. The minimum Gasteiger partial charge on any atom is -0.398 e. The molecule has 2 rings (SSSR count). The van der Waals surface area contributed by atoms with Crippen LogP contribution in [0.4, 0.5) is 5.69 Å². The van der Waals surface area contributed by atoms with Crippen LogP contribution >= 0.6 is 11.6 Å². The lowest BCUT2D eigenvalue weighted by atomic mass is 10.1. The number of halogens is 1. The molecule has 1 atom stereocenters. The number of likely N-dealkylation sites (tertiary alicyclic amines) is 1. The molecule has 0 aromatic heterocycles. The molecule has 1 saturated heterocycles. The van der Waals surface area contributed by atoms with Crippen molar-refractivity contribution in [1.29, 1.82) is 0 Å². The van der Waals surface area contributed by atoms with Crippen molar-refractivity contribution in [3.8, 4) is 0 Å². The lowest BCUT2D eigenvalue weighted by Crippen LogP contribution is -2.49. The summed E-state index contributed by atoms with van der Waals surface area (Å²) in [5.74, 6) is -0.168. The highest BCUT2D eigenvalue weighted by Crippen LogP contribution is 2.21. The van der Waals surface area contributed by atoms with Crippen molar-refractivity contribution in [2.45, 2.75) is 18.9 Å².